The fourth-order valence-electron chi connectivity index (χ4n) is 2.77. The van der Waals surface area contributed by atoms with Gasteiger partial charge in [0.2, 0.25) is 0 Å². The molecule has 0 aromatic heterocycles. The predicted octanol–water partition coefficient (Wildman–Crippen LogP) is 4.14. The third-order valence-corrected chi connectivity index (χ3v) is 14.0. The van der Waals surface area contributed by atoms with Crippen LogP contribution in [0.25, 0.3) is 0 Å². The standard InChI is InChI=1S/C19H29O2Si3/c1-6-24(7-2,21-23(3,4)5)20-22(18-14-10-8-11-15-18)19-16-12-9-13-17-19/h8-17H,6-7H2,1-5H3. The first-order valence-corrected chi connectivity index (χ1v) is 15.8. The van der Waals surface area contributed by atoms with E-state index >= 15 is 0 Å². The largest absolute Gasteiger partial charge is 0.436 e. The molecule has 0 saturated heterocycles. The molecule has 2 rings (SSSR count). The Morgan fingerprint density at radius 3 is 1.50 bits per heavy atom. The van der Waals surface area contributed by atoms with Gasteiger partial charge in [-0.2, -0.15) is 0 Å². The summed E-state index contributed by atoms with van der Waals surface area (Å²) < 4.78 is 13.6. The van der Waals surface area contributed by atoms with E-state index in [9.17, 15) is 0 Å². The molecule has 0 bridgehead atoms. The van der Waals surface area contributed by atoms with Crippen LogP contribution in [0.1, 0.15) is 13.8 Å². The van der Waals surface area contributed by atoms with Gasteiger partial charge in [0.25, 0.3) is 9.04 Å². The molecule has 0 atom stereocenters. The van der Waals surface area contributed by atoms with Gasteiger partial charge in [-0.15, -0.1) is 0 Å². The molecule has 0 heterocycles. The van der Waals surface area contributed by atoms with Crippen molar-refractivity contribution >= 4 is 36.3 Å². The third-order valence-electron chi connectivity index (χ3n) is 3.93. The highest BCUT2D eigenvalue weighted by molar-refractivity contribution is 6.91. The highest BCUT2D eigenvalue weighted by atomic mass is 28.5. The molecule has 0 aliphatic carbocycles. The van der Waals surface area contributed by atoms with E-state index in [1.807, 2.05) is 0 Å². The number of rotatable bonds is 8. The lowest BCUT2D eigenvalue weighted by molar-refractivity contribution is 0.389. The fourth-order valence-corrected chi connectivity index (χ4v) is 14.3. The highest BCUT2D eigenvalue weighted by Crippen LogP contribution is 2.24. The quantitative estimate of drug-likeness (QED) is 0.647. The van der Waals surface area contributed by atoms with Crippen molar-refractivity contribution in [3.05, 3.63) is 60.7 Å². The van der Waals surface area contributed by atoms with Crippen LogP contribution in [0.4, 0.5) is 0 Å². The van der Waals surface area contributed by atoms with Crippen LogP contribution in [0.2, 0.25) is 31.7 Å². The molecule has 24 heavy (non-hydrogen) atoms. The second-order valence-corrected chi connectivity index (χ2v) is 17.9. The maximum Gasteiger partial charge on any atom is 0.317 e. The summed E-state index contributed by atoms with van der Waals surface area (Å²) in [5.74, 6) is 0. The van der Waals surface area contributed by atoms with Crippen molar-refractivity contribution in [2.24, 2.45) is 0 Å². The lowest BCUT2D eigenvalue weighted by atomic mass is 10.4. The zero-order valence-corrected chi connectivity index (χ0v) is 18.5. The van der Waals surface area contributed by atoms with E-state index in [1.165, 1.54) is 10.4 Å². The molecule has 2 aromatic carbocycles. The SMILES string of the molecule is CC[Si](CC)(O[Si](c1ccccc1)c1ccccc1)O[Si](C)(C)C. The Balaban J connectivity index is 2.40. The normalized spacial score (nSPS) is 12.6. The third kappa shape index (κ3) is 5.26. The summed E-state index contributed by atoms with van der Waals surface area (Å²) in [5.41, 5.74) is 0. The molecule has 1 radical (unpaired) electrons. The van der Waals surface area contributed by atoms with Crippen LogP contribution < -0.4 is 10.4 Å². The predicted molar refractivity (Wildman–Crippen MR) is 110 cm³/mol. The first kappa shape index (κ1) is 19.3. The van der Waals surface area contributed by atoms with E-state index in [4.69, 9.17) is 8.23 Å². The van der Waals surface area contributed by atoms with Crippen LogP contribution in [0.5, 0.6) is 0 Å². The highest BCUT2D eigenvalue weighted by Gasteiger charge is 2.41. The summed E-state index contributed by atoms with van der Waals surface area (Å²) in [6.45, 7) is 11.2. The Kier molecular flexibility index (Phi) is 6.77. The summed E-state index contributed by atoms with van der Waals surface area (Å²) >= 11 is 0. The smallest absolute Gasteiger partial charge is 0.317 e. The van der Waals surface area contributed by atoms with Gasteiger partial charge in [0.1, 0.15) is 0 Å². The Morgan fingerprint density at radius 1 is 0.750 bits per heavy atom. The zero-order chi connectivity index (χ0) is 17.6. The Morgan fingerprint density at radius 2 is 1.17 bits per heavy atom. The maximum atomic E-state index is 6.94. The Labute approximate surface area is 151 Å². The van der Waals surface area contributed by atoms with Crippen molar-refractivity contribution in [3.8, 4) is 0 Å². The van der Waals surface area contributed by atoms with Gasteiger partial charge in [-0.25, -0.2) is 0 Å². The molecule has 0 fully saturated rings. The molecule has 0 N–H and O–H groups in total. The molecule has 2 aromatic rings. The van der Waals surface area contributed by atoms with Crippen LogP contribution in [-0.4, -0.2) is 25.9 Å². The molecule has 0 spiro atoms. The minimum atomic E-state index is -2.20. The number of hydrogen-bond donors (Lipinski definition) is 0. The van der Waals surface area contributed by atoms with Crippen molar-refractivity contribution in [2.75, 3.05) is 0 Å². The van der Waals surface area contributed by atoms with Crippen molar-refractivity contribution in [2.45, 2.75) is 45.6 Å². The van der Waals surface area contributed by atoms with Gasteiger partial charge in [0.15, 0.2) is 8.32 Å². The molecular weight excluding hydrogens is 344 g/mol. The first-order valence-electron chi connectivity index (χ1n) is 8.76. The van der Waals surface area contributed by atoms with Crippen LogP contribution in [0, 0.1) is 0 Å². The van der Waals surface area contributed by atoms with Gasteiger partial charge in [-0.05, 0) is 42.1 Å². The van der Waals surface area contributed by atoms with E-state index in [0.717, 1.165) is 12.1 Å². The van der Waals surface area contributed by atoms with Crippen molar-refractivity contribution in [1.29, 1.82) is 0 Å². The van der Waals surface area contributed by atoms with Gasteiger partial charge in [0, 0.05) is 0 Å². The molecule has 0 aliphatic rings. The van der Waals surface area contributed by atoms with Gasteiger partial charge in [-0.3, -0.25) is 0 Å². The van der Waals surface area contributed by atoms with E-state index in [0.29, 0.717) is 0 Å². The van der Waals surface area contributed by atoms with Gasteiger partial charge in [-0.1, -0.05) is 74.5 Å². The van der Waals surface area contributed by atoms with E-state index in [2.05, 4.69) is 94.2 Å². The molecule has 0 amide bonds. The van der Waals surface area contributed by atoms with Crippen LogP contribution >= 0.6 is 0 Å². The second-order valence-electron chi connectivity index (χ2n) is 7.00. The summed E-state index contributed by atoms with van der Waals surface area (Å²) in [5, 5.41) is 2.60. The van der Waals surface area contributed by atoms with Gasteiger partial charge >= 0.3 is 8.56 Å². The van der Waals surface area contributed by atoms with E-state index in [1.54, 1.807) is 0 Å². The lowest BCUT2D eigenvalue weighted by Gasteiger charge is -2.38. The zero-order valence-electron chi connectivity index (χ0n) is 15.5. The van der Waals surface area contributed by atoms with Crippen molar-refractivity contribution < 1.29 is 8.23 Å². The van der Waals surface area contributed by atoms with E-state index in [-0.39, 0.29) is 0 Å². The fraction of sp³-hybridized carbons (Fsp3) is 0.368. The second kappa shape index (κ2) is 8.40. The average molecular weight is 374 g/mol. The monoisotopic (exact) mass is 373 g/mol. The lowest BCUT2D eigenvalue weighted by Crippen LogP contribution is -2.58. The topological polar surface area (TPSA) is 18.5 Å². The van der Waals surface area contributed by atoms with Crippen molar-refractivity contribution in [1.82, 2.24) is 0 Å². The van der Waals surface area contributed by atoms with Crippen LogP contribution in [0.15, 0.2) is 60.7 Å². The average Bonchev–Trinajstić information content (AvgIpc) is 2.59. The van der Waals surface area contributed by atoms with Gasteiger partial charge < -0.3 is 8.23 Å². The summed E-state index contributed by atoms with van der Waals surface area (Å²) in [4.78, 5) is 0. The minimum absolute atomic E-state index is 1.00. The molecule has 0 aliphatic heterocycles. The van der Waals surface area contributed by atoms with Crippen molar-refractivity contribution in [3.63, 3.8) is 0 Å². The Hall–Kier alpha value is -0.989. The maximum absolute atomic E-state index is 6.94. The van der Waals surface area contributed by atoms with Crippen LogP contribution in [0.3, 0.4) is 0 Å². The number of benzene rings is 2. The van der Waals surface area contributed by atoms with Crippen LogP contribution in [-0.2, 0) is 8.23 Å². The summed E-state index contributed by atoms with van der Waals surface area (Å²) in [6.07, 6.45) is 0. The minimum Gasteiger partial charge on any atom is -0.436 e. The molecule has 2 nitrogen and oxygen atoms in total. The molecule has 129 valence electrons. The van der Waals surface area contributed by atoms with E-state index < -0.39 is 25.9 Å². The summed E-state index contributed by atoms with van der Waals surface area (Å²) in [7, 11) is -5.14. The first-order chi connectivity index (χ1) is 11.4. The molecule has 0 saturated carbocycles. The molecular formula is C19H29O2Si3. The summed E-state index contributed by atoms with van der Waals surface area (Å²) in [6, 6.07) is 23.3. The Bertz CT molecular complexity index is 568. The number of hydrogen-bond acceptors (Lipinski definition) is 2. The molecule has 0 unspecified atom stereocenters. The van der Waals surface area contributed by atoms with Gasteiger partial charge in [0.05, 0.1) is 0 Å². The molecule has 5 heteroatoms.